The fraction of sp³-hybridized carbons (Fsp3) is 0.150. The lowest BCUT2D eigenvalue weighted by atomic mass is 9.98. The highest BCUT2D eigenvalue weighted by atomic mass is 32.2. The lowest BCUT2D eigenvalue weighted by Crippen LogP contribution is -2.15. The number of sulfonamides is 1. The minimum absolute atomic E-state index is 0.0374. The van der Waals surface area contributed by atoms with Gasteiger partial charge in [-0.05, 0) is 36.1 Å². The summed E-state index contributed by atoms with van der Waals surface area (Å²) in [5.41, 5.74) is -0.450. The monoisotopic (exact) mass is 451 g/mol. The zero-order chi connectivity index (χ0) is 22.1. The second kappa shape index (κ2) is 8.18. The Morgan fingerprint density at radius 2 is 1.67 bits per heavy atom. The molecule has 0 aliphatic rings. The lowest BCUT2D eigenvalue weighted by molar-refractivity contribution is -0.143. The number of benzene rings is 2. The van der Waals surface area contributed by atoms with Crippen LogP contribution >= 0.6 is 11.8 Å². The van der Waals surface area contributed by atoms with E-state index in [0.717, 1.165) is 9.58 Å². The lowest BCUT2D eigenvalue weighted by Gasteiger charge is -2.12. The van der Waals surface area contributed by atoms with Crippen LogP contribution in [-0.4, -0.2) is 24.5 Å². The Kier molecular flexibility index (Phi) is 5.99. The van der Waals surface area contributed by atoms with Crippen LogP contribution in [0.15, 0.2) is 58.3 Å². The van der Waals surface area contributed by atoms with Gasteiger partial charge in [0.15, 0.2) is 5.69 Å². The van der Waals surface area contributed by atoms with Gasteiger partial charge in [-0.1, -0.05) is 30.2 Å². The Hall–Kier alpha value is -2.74. The number of aromatic nitrogens is 2. The maximum Gasteiger partial charge on any atom is 0.433 e. The van der Waals surface area contributed by atoms with E-state index in [4.69, 9.17) is 11.6 Å². The third kappa shape index (κ3) is 4.38. The largest absolute Gasteiger partial charge is 0.433 e. The van der Waals surface area contributed by atoms with Crippen LogP contribution in [0.4, 0.5) is 13.2 Å². The van der Waals surface area contributed by atoms with Gasteiger partial charge in [-0.15, -0.1) is 18.2 Å². The van der Waals surface area contributed by atoms with Gasteiger partial charge >= 0.3 is 6.18 Å². The van der Waals surface area contributed by atoms with Crippen molar-refractivity contribution in [2.45, 2.75) is 22.5 Å². The smallest absolute Gasteiger partial charge is 0.247 e. The Balaban J connectivity index is 2.30. The number of nitrogens with two attached hydrogens (primary N) is 1. The third-order valence-electron chi connectivity index (χ3n) is 4.30. The molecule has 3 rings (SSSR count). The molecule has 0 amide bonds. The highest BCUT2D eigenvalue weighted by molar-refractivity contribution is 7.98. The van der Waals surface area contributed by atoms with Crippen molar-refractivity contribution >= 4 is 21.8 Å². The van der Waals surface area contributed by atoms with Crippen molar-refractivity contribution in [3.63, 3.8) is 0 Å². The minimum Gasteiger partial charge on any atom is -0.247 e. The summed E-state index contributed by atoms with van der Waals surface area (Å²) < 4.78 is 65.7. The molecule has 30 heavy (non-hydrogen) atoms. The number of thioether (sulfide) groups is 1. The van der Waals surface area contributed by atoms with Crippen LogP contribution < -0.4 is 5.14 Å². The molecule has 2 aromatic carbocycles. The van der Waals surface area contributed by atoms with Gasteiger partial charge in [0.2, 0.25) is 10.0 Å². The van der Waals surface area contributed by atoms with Crippen molar-refractivity contribution in [1.29, 1.82) is 0 Å². The van der Waals surface area contributed by atoms with Crippen molar-refractivity contribution in [3.8, 4) is 34.7 Å². The summed E-state index contributed by atoms with van der Waals surface area (Å²) in [5.74, 6) is 2.19. The topological polar surface area (TPSA) is 78.0 Å². The van der Waals surface area contributed by atoms with E-state index < -0.39 is 21.9 Å². The van der Waals surface area contributed by atoms with Crippen molar-refractivity contribution in [1.82, 2.24) is 9.78 Å². The molecule has 0 radical (unpaired) electrons. The summed E-state index contributed by atoms with van der Waals surface area (Å²) >= 11 is 1.46. The Labute approximate surface area is 176 Å². The van der Waals surface area contributed by atoms with Crippen LogP contribution in [0.1, 0.15) is 5.69 Å². The van der Waals surface area contributed by atoms with E-state index in [9.17, 15) is 21.6 Å². The number of rotatable bonds is 5. The molecule has 0 bridgehead atoms. The molecular weight excluding hydrogens is 435 g/mol. The van der Waals surface area contributed by atoms with Crippen LogP contribution in [0.3, 0.4) is 0 Å². The van der Waals surface area contributed by atoms with E-state index in [-0.39, 0.29) is 22.7 Å². The van der Waals surface area contributed by atoms with Crippen LogP contribution in [0, 0.1) is 12.3 Å². The van der Waals surface area contributed by atoms with E-state index in [1.807, 2.05) is 6.26 Å². The Bertz CT molecular complexity index is 1210. The Morgan fingerprint density at radius 3 is 2.13 bits per heavy atom. The van der Waals surface area contributed by atoms with Gasteiger partial charge in [0.25, 0.3) is 0 Å². The molecule has 156 valence electrons. The van der Waals surface area contributed by atoms with Gasteiger partial charge in [-0.3, -0.25) is 0 Å². The standard InChI is InChI=1S/C20H16F3N3O2S2/c1-3-12-26-19(20(21,22)23)17(13-4-8-15(29-2)9-5-13)18(25-26)14-6-10-16(11-7-14)30(24,27)28/h1,4-11H,12H2,2H3,(H2,24,27,28). The number of terminal acetylenes is 1. The molecule has 0 atom stereocenters. The molecule has 5 nitrogen and oxygen atoms in total. The van der Waals surface area contributed by atoms with Crippen LogP contribution in [0.25, 0.3) is 22.4 Å². The highest BCUT2D eigenvalue weighted by Crippen LogP contribution is 2.43. The third-order valence-corrected chi connectivity index (χ3v) is 5.97. The van der Waals surface area contributed by atoms with Crippen molar-refractivity contribution in [2.75, 3.05) is 6.26 Å². The van der Waals surface area contributed by atoms with Gasteiger partial charge < -0.3 is 0 Å². The zero-order valence-electron chi connectivity index (χ0n) is 15.6. The number of alkyl halides is 3. The van der Waals surface area contributed by atoms with Crippen LogP contribution in [0.5, 0.6) is 0 Å². The average molecular weight is 451 g/mol. The van der Waals surface area contributed by atoms with Crippen LogP contribution in [0.2, 0.25) is 0 Å². The average Bonchev–Trinajstić information content (AvgIpc) is 3.07. The Morgan fingerprint density at radius 1 is 1.10 bits per heavy atom. The molecular formula is C20H16F3N3O2S2. The number of hydrogen-bond donors (Lipinski definition) is 1. The molecule has 0 unspecified atom stereocenters. The fourth-order valence-corrected chi connectivity index (χ4v) is 3.91. The summed E-state index contributed by atoms with van der Waals surface area (Å²) in [6.45, 7) is -0.375. The van der Waals surface area contributed by atoms with Gasteiger partial charge in [0.05, 0.1) is 4.90 Å². The van der Waals surface area contributed by atoms with Gasteiger partial charge in [-0.25, -0.2) is 18.2 Å². The van der Waals surface area contributed by atoms with Crippen LogP contribution in [-0.2, 0) is 22.7 Å². The predicted molar refractivity (Wildman–Crippen MR) is 110 cm³/mol. The molecule has 0 aliphatic carbocycles. The quantitative estimate of drug-likeness (QED) is 0.465. The molecule has 2 N–H and O–H groups in total. The molecule has 1 heterocycles. The molecule has 0 spiro atoms. The van der Waals surface area contributed by atoms with E-state index in [2.05, 4.69) is 11.0 Å². The van der Waals surface area contributed by atoms with Gasteiger partial charge in [0, 0.05) is 16.0 Å². The van der Waals surface area contributed by atoms with Gasteiger partial charge in [0.1, 0.15) is 12.2 Å². The predicted octanol–water partition coefficient (Wildman–Crippen LogP) is 4.24. The summed E-state index contributed by atoms with van der Waals surface area (Å²) in [6, 6.07) is 11.8. The molecule has 0 aliphatic heterocycles. The maximum absolute atomic E-state index is 14.0. The molecule has 10 heteroatoms. The first-order valence-corrected chi connectivity index (χ1v) is 11.2. The highest BCUT2D eigenvalue weighted by Gasteiger charge is 2.40. The van der Waals surface area contributed by atoms with E-state index in [1.165, 1.54) is 36.0 Å². The number of primary sulfonamides is 1. The molecule has 0 saturated heterocycles. The summed E-state index contributed by atoms with van der Waals surface area (Å²) in [7, 11) is -3.94. The van der Waals surface area contributed by atoms with Crippen molar-refractivity contribution in [3.05, 3.63) is 54.2 Å². The first-order valence-electron chi connectivity index (χ1n) is 8.45. The van der Waals surface area contributed by atoms with E-state index >= 15 is 0 Å². The second-order valence-electron chi connectivity index (χ2n) is 6.23. The maximum atomic E-state index is 14.0. The summed E-state index contributed by atoms with van der Waals surface area (Å²) in [6.07, 6.45) is 2.40. The van der Waals surface area contributed by atoms with Crippen molar-refractivity contribution < 1.29 is 21.6 Å². The normalized spacial score (nSPS) is 12.0. The number of halogens is 3. The molecule has 1 aromatic heterocycles. The fourth-order valence-electron chi connectivity index (χ4n) is 2.99. The minimum atomic E-state index is -4.71. The molecule has 0 fully saturated rings. The van der Waals surface area contributed by atoms with E-state index in [0.29, 0.717) is 11.1 Å². The second-order valence-corrected chi connectivity index (χ2v) is 8.67. The SMILES string of the molecule is C#CCn1nc(-c2ccc(S(N)(=O)=O)cc2)c(-c2ccc(SC)cc2)c1C(F)(F)F. The summed E-state index contributed by atoms with van der Waals surface area (Å²) in [4.78, 5) is 0.735. The molecule has 0 saturated carbocycles. The number of nitrogens with zero attached hydrogens (tertiary/aromatic N) is 2. The molecule has 3 aromatic rings. The number of hydrogen-bond acceptors (Lipinski definition) is 4. The van der Waals surface area contributed by atoms with Gasteiger partial charge in [-0.2, -0.15) is 18.3 Å². The first kappa shape index (κ1) is 22.0. The summed E-state index contributed by atoms with van der Waals surface area (Å²) in [5, 5.41) is 9.21. The zero-order valence-corrected chi connectivity index (χ0v) is 17.3. The van der Waals surface area contributed by atoms with E-state index in [1.54, 1.807) is 24.3 Å². The van der Waals surface area contributed by atoms with Crippen molar-refractivity contribution in [2.24, 2.45) is 5.14 Å². The first-order chi connectivity index (χ1) is 14.1.